The van der Waals surface area contributed by atoms with Crippen LogP contribution in [0.1, 0.15) is 42.9 Å². The van der Waals surface area contributed by atoms with Gasteiger partial charge in [-0.25, -0.2) is 18.7 Å². The van der Waals surface area contributed by atoms with E-state index in [1.54, 1.807) is 36.7 Å². The van der Waals surface area contributed by atoms with E-state index in [1.807, 2.05) is 12.1 Å². The summed E-state index contributed by atoms with van der Waals surface area (Å²) >= 11 is 0. The summed E-state index contributed by atoms with van der Waals surface area (Å²) in [5.74, 6) is 5.48. The number of nitrogens with zero attached hydrogens (tertiary/aromatic N) is 4. The molecule has 0 radical (unpaired) electrons. The van der Waals surface area contributed by atoms with Gasteiger partial charge in [0, 0.05) is 35.6 Å². The topological polar surface area (TPSA) is 95.8 Å². The van der Waals surface area contributed by atoms with Gasteiger partial charge in [0.1, 0.15) is 5.82 Å². The summed E-state index contributed by atoms with van der Waals surface area (Å²) in [6, 6.07) is 11.7. The lowest BCUT2D eigenvalue weighted by Gasteiger charge is -2.27. The summed E-state index contributed by atoms with van der Waals surface area (Å²) in [5.41, 5.74) is 7.02. The number of hydrogen-bond donors (Lipinski definition) is 1. The zero-order valence-electron chi connectivity index (χ0n) is 18.3. The van der Waals surface area contributed by atoms with Crippen LogP contribution in [-0.2, 0) is 0 Å². The van der Waals surface area contributed by atoms with E-state index in [-0.39, 0.29) is 23.1 Å². The Morgan fingerprint density at radius 2 is 1.74 bits per heavy atom. The Morgan fingerprint density at radius 3 is 2.50 bits per heavy atom. The monoisotopic (exact) mass is 455 g/mol. The van der Waals surface area contributed by atoms with Crippen molar-refractivity contribution in [3.63, 3.8) is 0 Å². The van der Waals surface area contributed by atoms with Crippen molar-refractivity contribution < 1.29 is 4.39 Å². The Hall–Kier alpha value is -4.09. The molecule has 3 aromatic heterocycles. The minimum absolute atomic E-state index is 0.0568. The Bertz CT molecular complexity index is 1540. The van der Waals surface area contributed by atoms with E-state index < -0.39 is 17.1 Å². The van der Waals surface area contributed by atoms with E-state index in [9.17, 15) is 14.0 Å². The van der Waals surface area contributed by atoms with E-state index in [0.29, 0.717) is 24.1 Å². The van der Waals surface area contributed by atoms with Gasteiger partial charge < -0.3 is 5.73 Å². The number of halogens is 1. The minimum atomic E-state index is -0.636. The number of benzene rings is 1. The highest BCUT2D eigenvalue weighted by Crippen LogP contribution is 2.26. The number of rotatable bonds is 2. The third kappa shape index (κ3) is 4.14. The van der Waals surface area contributed by atoms with Gasteiger partial charge in [-0.15, -0.1) is 0 Å². The van der Waals surface area contributed by atoms with E-state index >= 15 is 0 Å². The Balaban J connectivity index is 1.69. The number of fused-ring (bicyclic) bond motifs is 1. The van der Waals surface area contributed by atoms with Crippen LogP contribution in [0.5, 0.6) is 0 Å². The lowest BCUT2D eigenvalue weighted by atomic mass is 9.91. The van der Waals surface area contributed by atoms with Crippen LogP contribution in [0.4, 0.5) is 4.39 Å². The molecule has 34 heavy (non-hydrogen) atoms. The lowest BCUT2D eigenvalue weighted by Crippen LogP contribution is -2.44. The quantitative estimate of drug-likeness (QED) is 0.469. The average molecular weight is 455 g/mol. The first-order valence-corrected chi connectivity index (χ1v) is 11.1. The highest BCUT2D eigenvalue weighted by Gasteiger charge is 2.26. The second kappa shape index (κ2) is 9.04. The predicted molar refractivity (Wildman–Crippen MR) is 127 cm³/mol. The second-order valence-corrected chi connectivity index (χ2v) is 8.43. The van der Waals surface area contributed by atoms with Crippen LogP contribution >= 0.6 is 0 Å². The molecule has 0 amide bonds. The molecule has 5 rings (SSSR count). The summed E-state index contributed by atoms with van der Waals surface area (Å²) < 4.78 is 16.7. The van der Waals surface area contributed by atoms with Gasteiger partial charge in [-0.3, -0.25) is 14.3 Å². The van der Waals surface area contributed by atoms with E-state index in [4.69, 9.17) is 5.73 Å². The molecule has 1 saturated carbocycles. The fraction of sp³-hybridized carbons (Fsp3) is 0.231. The molecule has 2 N–H and O–H groups in total. The largest absolute Gasteiger partial charge is 0.337 e. The van der Waals surface area contributed by atoms with Crippen molar-refractivity contribution in [2.75, 3.05) is 0 Å². The molecule has 0 bridgehead atoms. The Kier molecular flexibility index (Phi) is 5.78. The average Bonchev–Trinajstić information content (AvgIpc) is 2.85. The van der Waals surface area contributed by atoms with Crippen LogP contribution in [0.2, 0.25) is 0 Å². The van der Waals surface area contributed by atoms with Crippen molar-refractivity contribution in [1.29, 1.82) is 0 Å². The van der Waals surface area contributed by atoms with Crippen molar-refractivity contribution in [2.45, 2.75) is 37.8 Å². The maximum absolute atomic E-state index is 14.1. The summed E-state index contributed by atoms with van der Waals surface area (Å²) in [5, 5.41) is 0.0568. The summed E-state index contributed by atoms with van der Waals surface area (Å²) in [7, 11) is 0. The zero-order valence-corrected chi connectivity index (χ0v) is 18.3. The molecule has 3 heterocycles. The number of nitrogens with two attached hydrogens (primary N) is 1. The number of pyridine rings is 2. The molecule has 7 nitrogen and oxygen atoms in total. The SMILES string of the molecule is N[C@H]1CC[C@@H](n2c(=O)c3cc(F)cnc3n(-c3cccc(C#Cc4cccnc4)c3)c2=O)CC1. The zero-order chi connectivity index (χ0) is 23.7. The van der Waals surface area contributed by atoms with Crippen molar-refractivity contribution in [1.82, 2.24) is 19.1 Å². The highest BCUT2D eigenvalue weighted by atomic mass is 19.1. The second-order valence-electron chi connectivity index (χ2n) is 8.43. The van der Waals surface area contributed by atoms with Crippen molar-refractivity contribution >= 4 is 11.0 Å². The highest BCUT2D eigenvalue weighted by molar-refractivity contribution is 5.75. The van der Waals surface area contributed by atoms with Gasteiger partial charge in [0.05, 0.1) is 17.3 Å². The molecule has 0 atom stereocenters. The van der Waals surface area contributed by atoms with Crippen LogP contribution in [0, 0.1) is 17.7 Å². The van der Waals surface area contributed by atoms with Gasteiger partial charge in [-0.2, -0.15) is 0 Å². The molecule has 4 aromatic rings. The molecule has 0 saturated heterocycles. The van der Waals surface area contributed by atoms with Crippen molar-refractivity contribution in [3.8, 4) is 17.5 Å². The van der Waals surface area contributed by atoms with Crippen LogP contribution in [0.3, 0.4) is 0 Å². The molecule has 0 unspecified atom stereocenters. The minimum Gasteiger partial charge on any atom is -0.328 e. The van der Waals surface area contributed by atoms with E-state index in [1.165, 1.54) is 9.13 Å². The van der Waals surface area contributed by atoms with Crippen LogP contribution in [-0.4, -0.2) is 25.1 Å². The van der Waals surface area contributed by atoms with Crippen LogP contribution in [0.15, 0.2) is 70.6 Å². The Labute approximate surface area is 194 Å². The van der Waals surface area contributed by atoms with E-state index in [0.717, 1.165) is 30.7 Å². The van der Waals surface area contributed by atoms with Gasteiger partial charge >= 0.3 is 5.69 Å². The molecular weight excluding hydrogens is 433 g/mol. The van der Waals surface area contributed by atoms with Gasteiger partial charge in [0.25, 0.3) is 5.56 Å². The smallest absolute Gasteiger partial charge is 0.328 e. The molecule has 170 valence electrons. The third-order valence-electron chi connectivity index (χ3n) is 6.12. The molecule has 0 spiro atoms. The first-order valence-electron chi connectivity index (χ1n) is 11.1. The molecular formula is C26H22FN5O2. The lowest BCUT2D eigenvalue weighted by molar-refractivity contribution is 0.309. The third-order valence-corrected chi connectivity index (χ3v) is 6.12. The molecule has 1 aromatic carbocycles. The first kappa shape index (κ1) is 21.7. The molecule has 0 aliphatic heterocycles. The molecule has 1 aliphatic carbocycles. The van der Waals surface area contributed by atoms with E-state index in [2.05, 4.69) is 21.8 Å². The fourth-order valence-electron chi connectivity index (χ4n) is 4.40. The normalized spacial score (nSPS) is 17.8. The first-order chi connectivity index (χ1) is 16.5. The summed E-state index contributed by atoms with van der Waals surface area (Å²) in [6.45, 7) is 0. The molecule has 1 fully saturated rings. The van der Waals surface area contributed by atoms with Gasteiger partial charge in [-0.1, -0.05) is 17.9 Å². The maximum Gasteiger partial charge on any atom is 0.337 e. The van der Waals surface area contributed by atoms with Gasteiger partial charge in [0.2, 0.25) is 0 Å². The summed E-state index contributed by atoms with van der Waals surface area (Å²) in [4.78, 5) is 35.1. The van der Waals surface area contributed by atoms with Crippen LogP contribution in [0.25, 0.3) is 16.7 Å². The number of aromatic nitrogens is 4. The summed E-state index contributed by atoms with van der Waals surface area (Å²) in [6.07, 6.45) is 7.01. The predicted octanol–water partition coefficient (Wildman–Crippen LogP) is 2.92. The maximum atomic E-state index is 14.1. The fourth-order valence-corrected chi connectivity index (χ4v) is 4.40. The number of hydrogen-bond acceptors (Lipinski definition) is 5. The van der Waals surface area contributed by atoms with Crippen molar-refractivity contribution in [2.24, 2.45) is 5.73 Å². The molecule has 8 heteroatoms. The molecule has 1 aliphatic rings. The van der Waals surface area contributed by atoms with Crippen molar-refractivity contribution in [3.05, 3.63) is 98.8 Å². The van der Waals surface area contributed by atoms with Gasteiger partial charge in [-0.05, 0) is 62.1 Å². The van der Waals surface area contributed by atoms with Gasteiger partial charge in [0.15, 0.2) is 5.65 Å². The standard InChI is InChI=1S/C26H22FN5O2/c27-19-14-23-24(30-16-19)31(26(34)32(25(23)33)21-10-8-20(28)9-11-21)22-5-1-3-17(13-22)6-7-18-4-2-12-29-15-18/h1-5,12-16,20-21H,8-11,28H2/t20-,21+. The Morgan fingerprint density at radius 1 is 0.971 bits per heavy atom. The van der Waals surface area contributed by atoms with Crippen LogP contribution < -0.4 is 17.0 Å².